The van der Waals surface area contributed by atoms with Gasteiger partial charge in [0.1, 0.15) is 0 Å². The fraction of sp³-hybridized carbons (Fsp3) is 0.370. The molecule has 3 aromatic rings. The highest BCUT2D eigenvalue weighted by Crippen LogP contribution is 2.36. The molecule has 0 bridgehead atoms. The summed E-state index contributed by atoms with van der Waals surface area (Å²) < 4.78 is 0. The number of nitrogens with one attached hydrogen (secondary N) is 2. The molecule has 2 unspecified atom stereocenters. The number of aromatic nitrogens is 1. The number of fused-ring (bicyclic) bond motifs is 2. The summed E-state index contributed by atoms with van der Waals surface area (Å²) >= 11 is 5.78. The molecule has 0 saturated carbocycles. The molecule has 1 saturated heterocycles. The maximum absolute atomic E-state index is 6.16. The molecular weight excluding hydrogens is 464 g/mol. The number of hydrogen-bond donors (Lipinski definition) is 2. The lowest BCUT2D eigenvalue weighted by atomic mass is 9.94. The van der Waals surface area contributed by atoms with Gasteiger partial charge in [-0.15, -0.1) is 12.4 Å². The van der Waals surface area contributed by atoms with Crippen LogP contribution in [0.3, 0.4) is 0 Å². The number of H-pyrrole nitrogens is 1. The molecule has 0 radical (unpaired) electrons. The zero-order valence-electron chi connectivity index (χ0n) is 19.8. The van der Waals surface area contributed by atoms with Crippen LogP contribution in [-0.4, -0.2) is 40.2 Å². The second kappa shape index (κ2) is 10.9. The minimum atomic E-state index is 0. The predicted molar refractivity (Wildman–Crippen MR) is 149 cm³/mol. The Morgan fingerprint density at radius 2 is 2.09 bits per heavy atom. The van der Waals surface area contributed by atoms with Gasteiger partial charge in [0, 0.05) is 40.9 Å². The molecule has 2 aliphatic heterocycles. The van der Waals surface area contributed by atoms with Crippen LogP contribution in [0.2, 0.25) is 0 Å². The smallest absolute Gasteiger partial charge is 0.202 e. The normalized spacial score (nSPS) is 18.6. The minimum Gasteiger partial charge on any atom is -0.361 e. The highest BCUT2D eigenvalue weighted by atomic mass is 35.5. The van der Waals surface area contributed by atoms with Crippen molar-refractivity contribution in [2.75, 3.05) is 23.5 Å². The third kappa shape index (κ3) is 5.15. The number of para-hydroxylation sites is 1. The van der Waals surface area contributed by atoms with Crippen molar-refractivity contribution in [3.63, 3.8) is 0 Å². The molecule has 5 nitrogen and oxygen atoms in total. The molecule has 0 amide bonds. The van der Waals surface area contributed by atoms with Crippen molar-refractivity contribution in [2.24, 2.45) is 0 Å². The lowest BCUT2D eigenvalue weighted by molar-refractivity contribution is 0.0709. The second-order valence-electron chi connectivity index (χ2n) is 9.07. The first-order chi connectivity index (χ1) is 16.1. The van der Waals surface area contributed by atoms with Crippen molar-refractivity contribution in [3.8, 4) is 0 Å². The Labute approximate surface area is 213 Å². The van der Waals surface area contributed by atoms with Gasteiger partial charge in [-0.3, -0.25) is 9.74 Å². The largest absolute Gasteiger partial charge is 0.361 e. The maximum atomic E-state index is 6.16. The van der Waals surface area contributed by atoms with Crippen molar-refractivity contribution in [1.82, 2.24) is 9.88 Å². The van der Waals surface area contributed by atoms with Crippen LogP contribution < -0.4 is 10.4 Å². The highest BCUT2D eigenvalue weighted by Gasteiger charge is 2.28. The van der Waals surface area contributed by atoms with Gasteiger partial charge in [-0.1, -0.05) is 31.2 Å². The predicted octanol–water partition coefficient (Wildman–Crippen LogP) is 6.77. The molecule has 2 N–H and O–H groups in total. The number of hydrogen-bond acceptors (Lipinski definition) is 3. The van der Waals surface area contributed by atoms with E-state index in [0.29, 0.717) is 11.2 Å². The summed E-state index contributed by atoms with van der Waals surface area (Å²) in [5.74, 6) is 0. The summed E-state index contributed by atoms with van der Waals surface area (Å²) in [4.78, 5) is 12.2. The summed E-state index contributed by atoms with van der Waals surface area (Å²) in [6.07, 6.45) is 9.29. The van der Waals surface area contributed by atoms with Crippen LogP contribution in [0.5, 0.6) is 0 Å². The van der Waals surface area contributed by atoms with Crippen LogP contribution in [0.15, 0.2) is 60.8 Å². The number of aromatic amines is 1. The summed E-state index contributed by atoms with van der Waals surface area (Å²) in [5, 5.41) is 6.89. The number of benzene rings is 2. The molecule has 0 aliphatic carbocycles. The highest BCUT2D eigenvalue weighted by molar-refractivity contribution is 7.80. The average Bonchev–Trinajstić information content (AvgIpc) is 3.49. The monoisotopic (exact) mass is 496 g/mol. The number of halogens is 1. The van der Waals surface area contributed by atoms with E-state index in [1.54, 1.807) is 5.06 Å². The second-order valence-corrected chi connectivity index (χ2v) is 9.46. The Morgan fingerprint density at radius 3 is 2.88 bits per heavy atom. The molecule has 0 spiro atoms. The lowest BCUT2D eigenvalue weighted by Gasteiger charge is -2.29. The SMILES string of the molecule is CCC(C)ON(C(=S)Nc1ccc2[nH]cc(C3=CCN4CCCC4C3)c2c1)c1ccccc1.Cl. The van der Waals surface area contributed by atoms with E-state index in [2.05, 4.69) is 59.5 Å². The van der Waals surface area contributed by atoms with Crippen LogP contribution in [0.25, 0.3) is 16.5 Å². The molecule has 3 heterocycles. The van der Waals surface area contributed by atoms with E-state index in [-0.39, 0.29) is 18.5 Å². The van der Waals surface area contributed by atoms with E-state index >= 15 is 0 Å². The molecule has 2 aliphatic rings. The fourth-order valence-corrected chi connectivity index (χ4v) is 5.10. The van der Waals surface area contributed by atoms with Crippen LogP contribution in [0.1, 0.15) is 45.1 Å². The molecule has 34 heavy (non-hydrogen) atoms. The van der Waals surface area contributed by atoms with Crippen LogP contribution in [0, 0.1) is 0 Å². The quantitative estimate of drug-likeness (QED) is 0.291. The Hall–Kier alpha value is -2.38. The zero-order chi connectivity index (χ0) is 22.8. The van der Waals surface area contributed by atoms with Crippen LogP contribution in [0.4, 0.5) is 11.4 Å². The number of hydroxylamine groups is 1. The van der Waals surface area contributed by atoms with E-state index in [9.17, 15) is 0 Å². The summed E-state index contributed by atoms with van der Waals surface area (Å²) in [6.45, 7) is 6.47. The van der Waals surface area contributed by atoms with Gasteiger partial charge in [-0.2, -0.15) is 5.06 Å². The molecule has 5 rings (SSSR count). The molecule has 1 aromatic heterocycles. The van der Waals surface area contributed by atoms with E-state index in [0.717, 1.165) is 36.3 Å². The van der Waals surface area contributed by atoms with E-state index in [1.807, 2.05) is 30.3 Å². The van der Waals surface area contributed by atoms with Gasteiger partial charge >= 0.3 is 0 Å². The molecule has 2 atom stereocenters. The fourth-order valence-electron chi connectivity index (χ4n) is 4.83. The summed E-state index contributed by atoms with van der Waals surface area (Å²) in [7, 11) is 0. The molecule has 7 heteroatoms. The van der Waals surface area contributed by atoms with Gasteiger partial charge < -0.3 is 10.3 Å². The third-order valence-electron chi connectivity index (χ3n) is 6.84. The Morgan fingerprint density at radius 1 is 1.26 bits per heavy atom. The van der Waals surface area contributed by atoms with Crippen molar-refractivity contribution < 1.29 is 4.84 Å². The molecule has 2 aromatic carbocycles. The molecular formula is C27H33ClN4OS. The van der Waals surface area contributed by atoms with Crippen molar-refractivity contribution in [1.29, 1.82) is 0 Å². The minimum absolute atomic E-state index is 0. The van der Waals surface area contributed by atoms with Gasteiger partial charge in [0.2, 0.25) is 5.11 Å². The zero-order valence-corrected chi connectivity index (χ0v) is 21.4. The number of rotatable bonds is 6. The maximum Gasteiger partial charge on any atom is 0.202 e. The Balaban J connectivity index is 0.00000274. The number of anilines is 2. The van der Waals surface area contributed by atoms with Gasteiger partial charge in [-0.05, 0) is 87.3 Å². The van der Waals surface area contributed by atoms with Gasteiger partial charge in [0.15, 0.2) is 0 Å². The van der Waals surface area contributed by atoms with Crippen molar-refractivity contribution >= 4 is 57.6 Å². The molecule has 180 valence electrons. The van der Waals surface area contributed by atoms with E-state index in [1.165, 1.54) is 35.9 Å². The summed E-state index contributed by atoms with van der Waals surface area (Å²) in [5.41, 5.74) is 5.78. The average molecular weight is 497 g/mol. The van der Waals surface area contributed by atoms with Crippen molar-refractivity contribution in [3.05, 3.63) is 66.4 Å². The van der Waals surface area contributed by atoms with Crippen LogP contribution >= 0.6 is 24.6 Å². The van der Waals surface area contributed by atoms with Crippen LogP contribution in [-0.2, 0) is 4.84 Å². The number of nitrogens with zero attached hydrogens (tertiary/aromatic N) is 2. The van der Waals surface area contributed by atoms with Crippen molar-refractivity contribution in [2.45, 2.75) is 51.7 Å². The van der Waals surface area contributed by atoms with Gasteiger partial charge in [-0.25, -0.2) is 0 Å². The Kier molecular flexibility index (Phi) is 7.94. The van der Waals surface area contributed by atoms with Gasteiger partial charge in [0.05, 0.1) is 11.8 Å². The topological polar surface area (TPSA) is 43.5 Å². The summed E-state index contributed by atoms with van der Waals surface area (Å²) in [6, 6.07) is 17.1. The lowest BCUT2D eigenvalue weighted by Crippen LogP contribution is -2.37. The first kappa shape index (κ1) is 24.7. The van der Waals surface area contributed by atoms with E-state index in [4.69, 9.17) is 17.1 Å². The first-order valence-electron chi connectivity index (χ1n) is 12.0. The Bertz CT molecular complexity index is 1160. The molecule has 1 fully saturated rings. The first-order valence-corrected chi connectivity index (χ1v) is 12.4. The standard InChI is InChI=1S/C27H32N4OS.ClH/c1-3-19(2)32-31(22-8-5-4-6-9-22)27(33)29-21-11-12-26-24(17-21)25(18-28-26)20-13-15-30-14-7-10-23(30)16-20;/h4-6,8-9,11-13,17-19,23,28H,3,7,10,14-16H2,1-2H3,(H,29,33);1H. The van der Waals surface area contributed by atoms with Gasteiger partial charge in [0.25, 0.3) is 0 Å². The van der Waals surface area contributed by atoms with E-state index < -0.39 is 0 Å². The third-order valence-corrected chi connectivity index (χ3v) is 7.11. The number of thiocarbonyl (C=S) groups is 1.